The molecule has 1 aromatic heterocycles. The summed E-state index contributed by atoms with van der Waals surface area (Å²) in [7, 11) is 3.67. The van der Waals surface area contributed by atoms with Crippen LogP contribution in [0.1, 0.15) is 30.3 Å². The van der Waals surface area contributed by atoms with Gasteiger partial charge in [0.1, 0.15) is 16.7 Å². The summed E-state index contributed by atoms with van der Waals surface area (Å²) in [5, 5.41) is 0.683. The number of imidazole rings is 1. The summed E-state index contributed by atoms with van der Waals surface area (Å²) in [6, 6.07) is 8.78. The Morgan fingerprint density at radius 1 is 1.43 bits per heavy atom. The zero-order valence-corrected chi connectivity index (χ0v) is 13.2. The molecule has 1 aromatic carbocycles. The zero-order valence-electron chi connectivity index (χ0n) is 12.4. The Balaban J connectivity index is 1.80. The van der Waals surface area contributed by atoms with Crippen molar-refractivity contribution in [2.45, 2.75) is 25.4 Å². The molecule has 1 aliphatic rings. The molecule has 1 aliphatic heterocycles. The van der Waals surface area contributed by atoms with Gasteiger partial charge in [-0.1, -0.05) is 23.7 Å². The monoisotopic (exact) mass is 305 g/mol. The van der Waals surface area contributed by atoms with E-state index in [1.54, 1.807) is 13.3 Å². The van der Waals surface area contributed by atoms with Crippen LogP contribution in [0, 0.1) is 0 Å². The highest BCUT2D eigenvalue weighted by Crippen LogP contribution is 2.34. The van der Waals surface area contributed by atoms with Gasteiger partial charge in [-0.25, -0.2) is 4.98 Å². The van der Waals surface area contributed by atoms with Crippen molar-refractivity contribution in [1.29, 1.82) is 0 Å². The zero-order chi connectivity index (χ0) is 14.8. The van der Waals surface area contributed by atoms with E-state index < -0.39 is 0 Å². The molecule has 0 amide bonds. The molecular weight excluding hydrogens is 286 g/mol. The minimum absolute atomic E-state index is 0.426. The normalized spacial score (nSPS) is 19.1. The number of ether oxygens (including phenoxy) is 1. The highest BCUT2D eigenvalue weighted by Gasteiger charge is 2.27. The number of benzene rings is 1. The summed E-state index contributed by atoms with van der Waals surface area (Å²) < 4.78 is 7.28. The van der Waals surface area contributed by atoms with E-state index in [-0.39, 0.29) is 0 Å². The number of hydrogen-bond donors (Lipinski definition) is 0. The first-order valence-electron chi connectivity index (χ1n) is 7.23. The average Bonchev–Trinajstić information content (AvgIpc) is 3.09. The molecule has 4 nitrogen and oxygen atoms in total. The standard InChI is InChI=1S/C16H20ClN3O/c1-19-15(17)10-18-16(19)11-20-8-4-7-14(20)12-5-3-6-13(9-12)21-2/h3,5-6,9-10,14H,4,7-8,11H2,1-2H3. The van der Waals surface area contributed by atoms with Gasteiger partial charge in [-0.05, 0) is 37.1 Å². The Kier molecular flexibility index (Phi) is 4.17. The van der Waals surface area contributed by atoms with Gasteiger partial charge in [0, 0.05) is 13.1 Å². The second kappa shape index (κ2) is 6.08. The lowest BCUT2D eigenvalue weighted by Crippen LogP contribution is -2.24. The maximum Gasteiger partial charge on any atom is 0.128 e. The van der Waals surface area contributed by atoms with Crippen LogP contribution in [-0.4, -0.2) is 28.1 Å². The number of hydrogen-bond acceptors (Lipinski definition) is 3. The third-order valence-electron chi connectivity index (χ3n) is 4.21. The van der Waals surface area contributed by atoms with Crippen LogP contribution in [0.2, 0.25) is 5.15 Å². The largest absolute Gasteiger partial charge is 0.497 e. The van der Waals surface area contributed by atoms with E-state index >= 15 is 0 Å². The predicted octanol–water partition coefficient (Wildman–Crippen LogP) is 3.42. The van der Waals surface area contributed by atoms with Gasteiger partial charge >= 0.3 is 0 Å². The lowest BCUT2D eigenvalue weighted by molar-refractivity contribution is 0.239. The molecule has 0 bridgehead atoms. The molecule has 2 aromatic rings. The Bertz CT molecular complexity index is 626. The number of aromatic nitrogens is 2. The molecule has 0 N–H and O–H groups in total. The number of methoxy groups -OCH3 is 1. The molecule has 3 rings (SSSR count). The lowest BCUT2D eigenvalue weighted by atomic mass is 10.0. The first-order valence-corrected chi connectivity index (χ1v) is 7.61. The molecule has 0 saturated carbocycles. The van der Waals surface area contributed by atoms with Gasteiger partial charge in [-0.2, -0.15) is 0 Å². The Morgan fingerprint density at radius 2 is 2.29 bits per heavy atom. The first-order chi connectivity index (χ1) is 10.2. The maximum atomic E-state index is 6.07. The van der Waals surface area contributed by atoms with E-state index in [2.05, 4.69) is 28.1 Å². The summed E-state index contributed by atoms with van der Waals surface area (Å²) in [6.45, 7) is 1.91. The van der Waals surface area contributed by atoms with Gasteiger partial charge in [0.25, 0.3) is 0 Å². The molecule has 1 unspecified atom stereocenters. The van der Waals surface area contributed by atoms with Gasteiger partial charge in [-0.3, -0.25) is 4.90 Å². The number of nitrogens with zero attached hydrogens (tertiary/aromatic N) is 3. The van der Waals surface area contributed by atoms with Crippen molar-refractivity contribution in [1.82, 2.24) is 14.5 Å². The van der Waals surface area contributed by atoms with Gasteiger partial charge in [0.2, 0.25) is 0 Å². The van der Waals surface area contributed by atoms with Crippen LogP contribution < -0.4 is 4.74 Å². The Hall–Kier alpha value is -1.52. The Labute approximate surface area is 130 Å². The summed E-state index contributed by atoms with van der Waals surface area (Å²) in [4.78, 5) is 6.87. The highest BCUT2D eigenvalue weighted by molar-refractivity contribution is 6.29. The molecule has 0 radical (unpaired) electrons. The Morgan fingerprint density at radius 3 is 3.00 bits per heavy atom. The molecule has 0 spiro atoms. The molecule has 2 heterocycles. The molecule has 1 atom stereocenters. The third-order valence-corrected chi connectivity index (χ3v) is 4.57. The van der Waals surface area contributed by atoms with Crippen LogP contribution in [0.4, 0.5) is 0 Å². The van der Waals surface area contributed by atoms with Gasteiger partial charge in [0.15, 0.2) is 0 Å². The van der Waals surface area contributed by atoms with E-state index in [4.69, 9.17) is 16.3 Å². The summed E-state index contributed by atoms with van der Waals surface area (Å²) >= 11 is 6.07. The van der Waals surface area contributed by atoms with Crippen molar-refractivity contribution in [3.05, 3.63) is 47.0 Å². The smallest absolute Gasteiger partial charge is 0.128 e. The van der Waals surface area contributed by atoms with E-state index in [0.29, 0.717) is 11.2 Å². The molecule has 1 saturated heterocycles. The lowest BCUT2D eigenvalue weighted by Gasteiger charge is -2.24. The summed E-state index contributed by atoms with van der Waals surface area (Å²) in [6.07, 6.45) is 4.10. The van der Waals surface area contributed by atoms with Gasteiger partial charge in [0.05, 0.1) is 19.9 Å². The minimum atomic E-state index is 0.426. The SMILES string of the molecule is COc1cccc(C2CCCN2Cc2ncc(Cl)n2C)c1. The van der Waals surface area contributed by atoms with Crippen molar-refractivity contribution in [2.75, 3.05) is 13.7 Å². The number of halogens is 1. The average molecular weight is 306 g/mol. The fraction of sp³-hybridized carbons (Fsp3) is 0.438. The van der Waals surface area contributed by atoms with Crippen molar-refractivity contribution < 1.29 is 4.74 Å². The van der Waals surface area contributed by atoms with E-state index in [1.807, 2.05) is 17.7 Å². The van der Waals surface area contributed by atoms with Gasteiger partial charge < -0.3 is 9.30 Å². The second-order valence-corrected chi connectivity index (χ2v) is 5.85. The van der Waals surface area contributed by atoms with Gasteiger partial charge in [-0.15, -0.1) is 0 Å². The third kappa shape index (κ3) is 2.92. The van der Waals surface area contributed by atoms with Crippen LogP contribution in [-0.2, 0) is 13.6 Å². The van der Waals surface area contributed by atoms with E-state index in [9.17, 15) is 0 Å². The number of rotatable bonds is 4. The van der Waals surface area contributed by atoms with Crippen LogP contribution in [0.5, 0.6) is 5.75 Å². The molecular formula is C16H20ClN3O. The molecule has 5 heteroatoms. The minimum Gasteiger partial charge on any atom is -0.497 e. The molecule has 1 fully saturated rings. The fourth-order valence-corrected chi connectivity index (χ4v) is 3.14. The summed E-state index contributed by atoms with van der Waals surface area (Å²) in [5.74, 6) is 1.93. The van der Waals surface area contributed by atoms with Crippen LogP contribution >= 0.6 is 11.6 Å². The second-order valence-electron chi connectivity index (χ2n) is 5.46. The maximum absolute atomic E-state index is 6.07. The van der Waals surface area contributed by atoms with Crippen LogP contribution in [0.15, 0.2) is 30.5 Å². The quantitative estimate of drug-likeness (QED) is 0.867. The molecule has 21 heavy (non-hydrogen) atoms. The topological polar surface area (TPSA) is 30.3 Å². The van der Waals surface area contributed by atoms with Crippen molar-refractivity contribution in [2.24, 2.45) is 7.05 Å². The fourth-order valence-electron chi connectivity index (χ4n) is 2.99. The van der Waals surface area contributed by atoms with Crippen molar-refractivity contribution in [3.63, 3.8) is 0 Å². The van der Waals surface area contributed by atoms with E-state index in [1.165, 1.54) is 18.4 Å². The molecule has 112 valence electrons. The van der Waals surface area contributed by atoms with Crippen molar-refractivity contribution in [3.8, 4) is 5.75 Å². The first kappa shape index (κ1) is 14.4. The van der Waals surface area contributed by atoms with E-state index in [0.717, 1.165) is 24.7 Å². The van der Waals surface area contributed by atoms with Crippen LogP contribution in [0.3, 0.4) is 0 Å². The predicted molar refractivity (Wildman–Crippen MR) is 83.6 cm³/mol. The van der Waals surface area contributed by atoms with Crippen LogP contribution in [0.25, 0.3) is 0 Å². The molecule has 0 aliphatic carbocycles. The van der Waals surface area contributed by atoms with Crippen molar-refractivity contribution >= 4 is 11.6 Å². The summed E-state index contributed by atoms with van der Waals surface area (Å²) in [5.41, 5.74) is 1.31. The highest BCUT2D eigenvalue weighted by atomic mass is 35.5. The number of likely N-dealkylation sites (tertiary alicyclic amines) is 1.